The number of hydrogen-bond acceptors (Lipinski definition) is 2. The first-order chi connectivity index (χ1) is 9.31. The fourth-order valence-corrected chi connectivity index (χ4v) is 1.99. The third-order valence-corrected chi connectivity index (χ3v) is 2.97. The normalized spacial score (nSPS) is 10.1. The lowest BCUT2D eigenvalue weighted by Gasteiger charge is -1.98. The molecule has 0 saturated heterocycles. The molecule has 2 aromatic heterocycles. The highest BCUT2D eigenvalue weighted by atomic mass is 79.9. The van der Waals surface area contributed by atoms with E-state index >= 15 is 0 Å². The molecular weight excluding hydrogens is 316 g/mol. The second-order valence-electron chi connectivity index (χ2n) is 4.52. The van der Waals surface area contributed by atoms with Gasteiger partial charge in [-0.1, -0.05) is 30.3 Å². The largest absolute Gasteiger partial charge is 1.00 e. The van der Waals surface area contributed by atoms with Gasteiger partial charge in [0.1, 0.15) is 5.76 Å². The summed E-state index contributed by atoms with van der Waals surface area (Å²) in [6, 6.07) is 14.4. The van der Waals surface area contributed by atoms with E-state index in [4.69, 9.17) is 4.42 Å². The molecule has 0 aliphatic rings. The smallest absolute Gasteiger partial charge is 0.226 e. The van der Waals surface area contributed by atoms with Gasteiger partial charge in [-0.15, -0.1) is 0 Å². The van der Waals surface area contributed by atoms with Crippen LogP contribution in [0.2, 0.25) is 0 Å². The molecule has 0 saturated carbocycles. The van der Waals surface area contributed by atoms with Gasteiger partial charge >= 0.3 is 0 Å². The Bertz CT molecular complexity index is 662. The number of halogens is 1. The summed E-state index contributed by atoms with van der Waals surface area (Å²) in [7, 11) is 0. The van der Waals surface area contributed by atoms with E-state index in [1.54, 1.807) is 6.20 Å². The van der Waals surface area contributed by atoms with E-state index in [1.165, 1.54) is 5.56 Å². The van der Waals surface area contributed by atoms with Crippen LogP contribution in [0.4, 0.5) is 0 Å². The van der Waals surface area contributed by atoms with Gasteiger partial charge in [-0.2, -0.15) is 0 Å². The first kappa shape index (κ1) is 14.5. The van der Waals surface area contributed by atoms with Gasteiger partial charge in [-0.3, -0.25) is 0 Å². The first-order valence-corrected chi connectivity index (χ1v) is 6.27. The van der Waals surface area contributed by atoms with Gasteiger partial charge in [-0.05, 0) is 6.92 Å². The van der Waals surface area contributed by atoms with Crippen LogP contribution in [-0.2, 0) is 6.54 Å². The molecule has 0 radical (unpaired) electrons. The Hall–Kier alpha value is -1.94. The molecule has 0 unspecified atom stereocenters. The Morgan fingerprint density at radius 1 is 1.05 bits per heavy atom. The third kappa shape index (κ3) is 3.33. The van der Waals surface area contributed by atoms with E-state index in [0.717, 1.165) is 17.9 Å². The molecule has 1 aromatic carbocycles. The summed E-state index contributed by atoms with van der Waals surface area (Å²) < 4.78 is 7.64. The number of benzene rings is 1. The summed E-state index contributed by atoms with van der Waals surface area (Å²) in [5.41, 5.74) is 2.28. The molecule has 3 rings (SSSR count). The van der Waals surface area contributed by atoms with E-state index in [-0.39, 0.29) is 17.0 Å². The summed E-state index contributed by atoms with van der Waals surface area (Å²) in [5.74, 6) is 1.50. The van der Waals surface area contributed by atoms with E-state index in [1.807, 2.05) is 37.5 Å². The molecule has 0 amide bonds. The fourth-order valence-electron chi connectivity index (χ4n) is 1.99. The highest BCUT2D eigenvalue weighted by Crippen LogP contribution is 2.16. The number of oxazole rings is 1. The lowest BCUT2D eigenvalue weighted by molar-refractivity contribution is -0.688. The molecule has 0 fully saturated rings. The molecule has 3 nitrogen and oxygen atoms in total. The molecule has 4 heteroatoms. The van der Waals surface area contributed by atoms with Crippen molar-refractivity contribution in [3.63, 3.8) is 0 Å². The Labute approximate surface area is 128 Å². The van der Waals surface area contributed by atoms with Crippen molar-refractivity contribution in [2.45, 2.75) is 13.5 Å². The minimum atomic E-state index is 0. The molecular formula is C16H15BrN2O. The topological polar surface area (TPSA) is 29.9 Å². The number of rotatable bonds is 3. The maximum absolute atomic E-state index is 5.51. The van der Waals surface area contributed by atoms with Crippen molar-refractivity contribution in [2.75, 3.05) is 0 Å². The molecule has 3 aromatic rings. The first-order valence-electron chi connectivity index (χ1n) is 6.27. The van der Waals surface area contributed by atoms with E-state index in [9.17, 15) is 0 Å². The third-order valence-electron chi connectivity index (χ3n) is 2.97. The summed E-state index contributed by atoms with van der Waals surface area (Å²) in [6.45, 7) is 2.76. The van der Waals surface area contributed by atoms with Gasteiger partial charge in [0.05, 0.1) is 6.20 Å². The number of pyridine rings is 1. The van der Waals surface area contributed by atoms with Crippen molar-refractivity contribution >= 4 is 0 Å². The van der Waals surface area contributed by atoms with Crippen molar-refractivity contribution in [1.82, 2.24) is 4.98 Å². The van der Waals surface area contributed by atoms with Crippen LogP contribution >= 0.6 is 0 Å². The van der Waals surface area contributed by atoms with Gasteiger partial charge in [0.15, 0.2) is 18.9 Å². The second-order valence-corrected chi connectivity index (χ2v) is 4.52. The molecule has 0 N–H and O–H groups in total. The van der Waals surface area contributed by atoms with Gasteiger partial charge in [-0.25, -0.2) is 9.55 Å². The molecule has 0 aliphatic carbocycles. The van der Waals surface area contributed by atoms with Crippen molar-refractivity contribution in [3.8, 4) is 11.5 Å². The van der Waals surface area contributed by atoms with Crippen molar-refractivity contribution in [1.29, 1.82) is 0 Å². The molecule has 0 aliphatic heterocycles. The van der Waals surface area contributed by atoms with Crippen LogP contribution in [0.3, 0.4) is 0 Å². The number of aromatic nitrogens is 2. The monoisotopic (exact) mass is 330 g/mol. The molecule has 102 valence electrons. The number of aryl methyl sites for hydroxylation is 1. The number of hydrogen-bond donors (Lipinski definition) is 0. The predicted molar refractivity (Wildman–Crippen MR) is 72.4 cm³/mol. The Balaban J connectivity index is 0.00000147. The zero-order valence-electron chi connectivity index (χ0n) is 11.2. The Morgan fingerprint density at radius 3 is 2.35 bits per heavy atom. The molecule has 2 heterocycles. The number of nitrogens with zero attached hydrogens (tertiary/aromatic N) is 2. The molecule has 0 bridgehead atoms. The van der Waals surface area contributed by atoms with Crippen molar-refractivity contribution in [2.24, 2.45) is 0 Å². The maximum atomic E-state index is 5.51. The van der Waals surface area contributed by atoms with Gasteiger partial charge in [0.2, 0.25) is 5.89 Å². The minimum Gasteiger partial charge on any atom is -1.00 e. The lowest BCUT2D eigenvalue weighted by Crippen LogP contribution is -3.00. The van der Waals surface area contributed by atoms with Crippen LogP contribution in [-0.4, -0.2) is 4.98 Å². The zero-order valence-corrected chi connectivity index (χ0v) is 12.7. The average molecular weight is 331 g/mol. The predicted octanol–water partition coefficient (Wildman–Crippen LogP) is -0.0102. The van der Waals surface area contributed by atoms with Crippen molar-refractivity contribution in [3.05, 3.63) is 72.4 Å². The lowest BCUT2D eigenvalue weighted by atomic mass is 10.2. The van der Waals surface area contributed by atoms with Crippen LogP contribution in [0.15, 0.2) is 65.5 Å². The highest BCUT2D eigenvalue weighted by Gasteiger charge is 2.07. The zero-order chi connectivity index (χ0) is 13.1. The Morgan fingerprint density at radius 2 is 1.75 bits per heavy atom. The Kier molecular flexibility index (Phi) is 4.69. The minimum absolute atomic E-state index is 0. The fraction of sp³-hybridized carbons (Fsp3) is 0.125. The van der Waals surface area contributed by atoms with Crippen LogP contribution in [0, 0.1) is 6.92 Å². The average Bonchev–Trinajstić information content (AvgIpc) is 2.87. The van der Waals surface area contributed by atoms with E-state index in [0.29, 0.717) is 5.89 Å². The van der Waals surface area contributed by atoms with Crippen LogP contribution in [0.1, 0.15) is 11.3 Å². The SMILES string of the molecule is Cc1cnc(-c2cc[n+](Cc3ccccc3)cc2)o1.[Br-]. The molecule has 0 atom stereocenters. The summed E-state index contributed by atoms with van der Waals surface area (Å²) in [5, 5.41) is 0. The maximum Gasteiger partial charge on any atom is 0.226 e. The highest BCUT2D eigenvalue weighted by molar-refractivity contribution is 5.50. The van der Waals surface area contributed by atoms with Gasteiger partial charge in [0, 0.05) is 23.3 Å². The molecule has 20 heavy (non-hydrogen) atoms. The quantitative estimate of drug-likeness (QED) is 0.632. The summed E-state index contributed by atoms with van der Waals surface area (Å²) in [4.78, 5) is 4.22. The van der Waals surface area contributed by atoms with Crippen LogP contribution in [0.5, 0.6) is 0 Å². The summed E-state index contributed by atoms with van der Waals surface area (Å²) in [6.07, 6.45) is 5.82. The standard InChI is InChI=1S/C16H15N2O.BrH/c1-13-11-17-16(19-13)15-7-9-18(10-8-15)12-14-5-3-2-4-6-14;/h2-11H,12H2,1H3;1H/q+1;/p-1. The van der Waals surface area contributed by atoms with Gasteiger partial charge in [0.25, 0.3) is 0 Å². The second kappa shape index (κ2) is 6.48. The van der Waals surface area contributed by atoms with E-state index < -0.39 is 0 Å². The molecule has 0 spiro atoms. The van der Waals surface area contributed by atoms with Crippen LogP contribution < -0.4 is 21.5 Å². The van der Waals surface area contributed by atoms with Gasteiger partial charge < -0.3 is 21.4 Å². The van der Waals surface area contributed by atoms with E-state index in [2.05, 4.69) is 33.8 Å². The van der Waals surface area contributed by atoms with Crippen molar-refractivity contribution < 1.29 is 26.0 Å². The summed E-state index contributed by atoms with van der Waals surface area (Å²) >= 11 is 0. The van der Waals surface area contributed by atoms with Crippen LogP contribution in [0.25, 0.3) is 11.5 Å².